The third-order valence-electron chi connectivity index (χ3n) is 3.18. The third kappa shape index (κ3) is 3.80. The molecule has 0 bridgehead atoms. The molecule has 1 aliphatic rings. The SMILES string of the molecule is CCCCC1(CCCC)C(=O)NC(=O)N=C1[O-].[Na+]. The molecule has 0 aromatic heterocycles. The van der Waals surface area contributed by atoms with Gasteiger partial charge in [0.25, 0.3) is 0 Å². The van der Waals surface area contributed by atoms with E-state index in [9.17, 15) is 14.7 Å². The van der Waals surface area contributed by atoms with Gasteiger partial charge < -0.3 is 5.11 Å². The first kappa shape index (κ1) is 17.6. The number of unbranched alkanes of at least 4 members (excludes halogenated alkanes) is 2. The number of hydrogen-bond acceptors (Lipinski definition) is 3. The normalized spacial score (nSPS) is 17.8. The minimum absolute atomic E-state index is 0. The van der Waals surface area contributed by atoms with Crippen molar-refractivity contribution < 1.29 is 44.3 Å². The number of nitrogens with one attached hydrogen (secondary N) is 1. The van der Waals surface area contributed by atoms with Crippen LogP contribution in [-0.4, -0.2) is 17.8 Å². The molecule has 96 valence electrons. The first-order valence-corrected chi connectivity index (χ1v) is 6.18. The summed E-state index contributed by atoms with van der Waals surface area (Å²) in [6, 6.07) is -0.830. The molecule has 0 atom stereocenters. The average molecular weight is 262 g/mol. The number of nitrogens with zero attached hydrogens (tertiary/aromatic N) is 1. The van der Waals surface area contributed by atoms with Crippen molar-refractivity contribution in [3.63, 3.8) is 0 Å². The number of urea groups is 1. The summed E-state index contributed by atoms with van der Waals surface area (Å²) in [5.41, 5.74) is -1.10. The summed E-state index contributed by atoms with van der Waals surface area (Å²) in [4.78, 5) is 26.3. The van der Waals surface area contributed by atoms with E-state index in [-0.39, 0.29) is 29.6 Å². The Bertz CT molecular complexity index is 334. The Morgan fingerprint density at radius 1 is 1.17 bits per heavy atom. The fourth-order valence-corrected chi connectivity index (χ4v) is 2.06. The molecule has 0 saturated carbocycles. The molecule has 0 aromatic rings. The van der Waals surface area contributed by atoms with E-state index in [1.54, 1.807) is 0 Å². The van der Waals surface area contributed by atoms with Gasteiger partial charge in [0, 0.05) is 0 Å². The Hall–Kier alpha value is -0.390. The van der Waals surface area contributed by atoms with Crippen molar-refractivity contribution in [2.75, 3.05) is 0 Å². The Morgan fingerprint density at radius 2 is 1.67 bits per heavy atom. The molecule has 1 heterocycles. The van der Waals surface area contributed by atoms with Gasteiger partial charge in [0.15, 0.2) is 0 Å². The molecular weight excluding hydrogens is 243 g/mol. The van der Waals surface area contributed by atoms with Crippen molar-refractivity contribution in [3.05, 3.63) is 0 Å². The van der Waals surface area contributed by atoms with E-state index in [1.165, 1.54) is 0 Å². The minimum atomic E-state index is -1.10. The first-order chi connectivity index (χ1) is 8.06. The minimum Gasteiger partial charge on any atom is -0.861 e. The van der Waals surface area contributed by atoms with Gasteiger partial charge in [-0.15, -0.1) is 0 Å². The molecule has 0 saturated heterocycles. The second-order valence-corrected chi connectivity index (χ2v) is 4.47. The smallest absolute Gasteiger partial charge is 0.861 e. The van der Waals surface area contributed by atoms with Crippen LogP contribution >= 0.6 is 0 Å². The first-order valence-electron chi connectivity index (χ1n) is 6.18. The van der Waals surface area contributed by atoms with Gasteiger partial charge in [0.05, 0.1) is 5.41 Å². The molecular formula is C12H19N2NaO3. The van der Waals surface area contributed by atoms with E-state index in [0.29, 0.717) is 12.8 Å². The van der Waals surface area contributed by atoms with Crippen LogP contribution in [0.3, 0.4) is 0 Å². The van der Waals surface area contributed by atoms with Crippen LogP contribution in [0.1, 0.15) is 52.4 Å². The Morgan fingerprint density at radius 3 is 2.06 bits per heavy atom. The summed E-state index contributed by atoms with van der Waals surface area (Å²) in [7, 11) is 0. The van der Waals surface area contributed by atoms with Crippen molar-refractivity contribution in [2.45, 2.75) is 52.4 Å². The van der Waals surface area contributed by atoms with Gasteiger partial charge in [-0.2, -0.15) is 0 Å². The molecule has 0 unspecified atom stereocenters. The monoisotopic (exact) mass is 262 g/mol. The molecule has 1 N–H and O–H groups in total. The molecule has 0 spiro atoms. The molecule has 0 aliphatic carbocycles. The summed E-state index contributed by atoms with van der Waals surface area (Å²) in [5, 5.41) is 14.1. The molecule has 18 heavy (non-hydrogen) atoms. The van der Waals surface area contributed by atoms with E-state index in [1.807, 2.05) is 13.8 Å². The number of rotatable bonds is 6. The van der Waals surface area contributed by atoms with Crippen LogP contribution in [0.15, 0.2) is 4.99 Å². The summed E-state index contributed by atoms with van der Waals surface area (Å²) in [6.07, 6.45) is 4.33. The molecule has 1 aliphatic heterocycles. The van der Waals surface area contributed by atoms with Crippen molar-refractivity contribution in [3.8, 4) is 0 Å². The zero-order valence-electron chi connectivity index (χ0n) is 11.4. The van der Waals surface area contributed by atoms with Gasteiger partial charge in [-0.25, -0.2) is 9.79 Å². The number of hydrogen-bond donors (Lipinski definition) is 1. The van der Waals surface area contributed by atoms with E-state index in [4.69, 9.17) is 0 Å². The summed E-state index contributed by atoms with van der Waals surface area (Å²) in [6.45, 7) is 4.00. The third-order valence-corrected chi connectivity index (χ3v) is 3.18. The van der Waals surface area contributed by atoms with E-state index < -0.39 is 23.3 Å². The fraction of sp³-hybridized carbons (Fsp3) is 0.750. The predicted octanol–water partition coefficient (Wildman–Crippen LogP) is -1.63. The largest absolute Gasteiger partial charge is 1.00 e. The van der Waals surface area contributed by atoms with Crippen LogP contribution in [0.5, 0.6) is 0 Å². The van der Waals surface area contributed by atoms with Crippen LogP contribution in [0, 0.1) is 5.41 Å². The zero-order chi connectivity index (χ0) is 12.9. The number of amides is 3. The molecule has 0 aromatic carbocycles. The summed E-state index contributed by atoms with van der Waals surface area (Å²) >= 11 is 0. The van der Waals surface area contributed by atoms with Gasteiger partial charge in [-0.05, 0) is 18.7 Å². The van der Waals surface area contributed by atoms with Gasteiger partial charge in [-0.1, -0.05) is 39.5 Å². The average Bonchev–Trinajstić information content (AvgIpc) is 2.27. The zero-order valence-corrected chi connectivity index (χ0v) is 13.4. The quantitative estimate of drug-likeness (QED) is 0.583. The van der Waals surface area contributed by atoms with Crippen LogP contribution in [0.2, 0.25) is 0 Å². The van der Waals surface area contributed by atoms with Crippen LogP contribution in [-0.2, 0) is 4.79 Å². The molecule has 5 nitrogen and oxygen atoms in total. The maximum Gasteiger partial charge on any atom is 1.00 e. The topological polar surface area (TPSA) is 81.6 Å². The van der Waals surface area contributed by atoms with Crippen LogP contribution in [0.25, 0.3) is 0 Å². The second kappa shape index (κ2) is 7.92. The van der Waals surface area contributed by atoms with Crippen molar-refractivity contribution in [2.24, 2.45) is 10.4 Å². The maximum absolute atomic E-state index is 11.9. The van der Waals surface area contributed by atoms with Crippen molar-refractivity contribution in [1.82, 2.24) is 5.32 Å². The predicted molar refractivity (Wildman–Crippen MR) is 62.5 cm³/mol. The standard InChI is InChI=1S/C12H20N2O3.Na/c1-3-5-7-12(8-6-4-2)9(15)13-11(17)14-10(12)16;/h3-8H2,1-2H3,(H2,13,14,15,16,17);/q;+1/p-1. The number of aliphatic imine (C=N–C) groups is 1. The fourth-order valence-electron chi connectivity index (χ4n) is 2.06. The second-order valence-electron chi connectivity index (χ2n) is 4.47. The Kier molecular flexibility index (Phi) is 7.75. The molecule has 3 amide bonds. The van der Waals surface area contributed by atoms with Crippen molar-refractivity contribution >= 4 is 17.8 Å². The summed E-state index contributed by atoms with van der Waals surface area (Å²) < 4.78 is 0. The van der Waals surface area contributed by atoms with Gasteiger partial charge in [-0.3, -0.25) is 10.1 Å². The molecule has 0 fully saturated rings. The number of carbonyl (C=O) groups is 2. The van der Waals surface area contributed by atoms with E-state index in [0.717, 1.165) is 25.7 Å². The van der Waals surface area contributed by atoms with E-state index in [2.05, 4.69) is 10.3 Å². The number of imide groups is 1. The van der Waals surface area contributed by atoms with E-state index >= 15 is 0 Å². The number of carbonyl (C=O) groups excluding carboxylic acids is 2. The Labute approximate surface area is 130 Å². The molecule has 1 rings (SSSR count). The molecule has 0 radical (unpaired) electrons. The van der Waals surface area contributed by atoms with Gasteiger partial charge >= 0.3 is 35.6 Å². The van der Waals surface area contributed by atoms with Gasteiger partial charge in [0.1, 0.15) is 0 Å². The van der Waals surface area contributed by atoms with Crippen molar-refractivity contribution in [1.29, 1.82) is 0 Å². The molecule has 6 heteroatoms. The summed E-state index contributed by atoms with van der Waals surface area (Å²) in [5.74, 6) is -1.03. The Balaban J connectivity index is 0.00000289. The maximum atomic E-state index is 11.9. The van der Waals surface area contributed by atoms with Crippen LogP contribution in [0.4, 0.5) is 4.79 Å². The van der Waals surface area contributed by atoms with Crippen LogP contribution < -0.4 is 40.0 Å². The van der Waals surface area contributed by atoms with Gasteiger partial charge in [0.2, 0.25) is 5.91 Å².